The average Bonchev–Trinajstić information content (AvgIpc) is 2.73. The molecule has 0 atom stereocenters. The molecule has 1 heterocycles. The number of nitrogens with zero attached hydrogens (tertiary/aromatic N) is 1. The predicted molar refractivity (Wildman–Crippen MR) is 66.4 cm³/mol. The van der Waals surface area contributed by atoms with Crippen molar-refractivity contribution in [2.45, 2.75) is 32.2 Å². The van der Waals surface area contributed by atoms with Gasteiger partial charge in [0.1, 0.15) is 11.3 Å². The van der Waals surface area contributed by atoms with Gasteiger partial charge in [-0.1, -0.05) is 5.16 Å². The number of carbonyl (C=O) groups excluding carboxylic acids is 1. The van der Waals surface area contributed by atoms with E-state index in [1.807, 2.05) is 0 Å². The Bertz CT molecular complexity index is 398. The summed E-state index contributed by atoms with van der Waals surface area (Å²) in [4.78, 5) is 11.8. The number of hydrogen-bond acceptors (Lipinski definition) is 6. The van der Waals surface area contributed by atoms with Gasteiger partial charge in [0, 0.05) is 12.0 Å². The maximum Gasteiger partial charge on any atom is 0.220 e. The second-order valence-electron chi connectivity index (χ2n) is 4.61. The number of rotatable bonds is 7. The second kappa shape index (κ2) is 6.65. The highest BCUT2D eigenvalue weighted by Crippen LogP contribution is 2.14. The van der Waals surface area contributed by atoms with E-state index in [-0.39, 0.29) is 12.3 Å². The van der Waals surface area contributed by atoms with E-state index >= 15 is 0 Å². The molecule has 1 amide bonds. The van der Waals surface area contributed by atoms with Crippen molar-refractivity contribution in [3.63, 3.8) is 0 Å². The van der Waals surface area contributed by atoms with Gasteiger partial charge < -0.3 is 25.2 Å². The van der Waals surface area contributed by atoms with E-state index in [2.05, 4.69) is 10.5 Å². The molecule has 0 fully saturated rings. The third kappa shape index (κ3) is 3.76. The van der Waals surface area contributed by atoms with E-state index in [1.165, 1.54) is 0 Å². The highest BCUT2D eigenvalue weighted by Gasteiger charge is 2.29. The fourth-order valence-electron chi connectivity index (χ4n) is 1.72. The molecule has 0 aliphatic carbocycles. The molecule has 7 nitrogen and oxygen atoms in total. The van der Waals surface area contributed by atoms with Gasteiger partial charge in [-0.15, -0.1) is 0 Å². The minimum absolute atomic E-state index is 0.157. The van der Waals surface area contributed by atoms with Gasteiger partial charge in [0.15, 0.2) is 0 Å². The van der Waals surface area contributed by atoms with E-state index in [9.17, 15) is 4.79 Å². The molecule has 1 aromatic rings. The Kier molecular flexibility index (Phi) is 5.46. The first kappa shape index (κ1) is 15.6. The van der Waals surface area contributed by atoms with Gasteiger partial charge in [0.2, 0.25) is 5.91 Å². The molecule has 0 saturated carbocycles. The smallest absolute Gasteiger partial charge is 0.220 e. The summed E-state index contributed by atoms with van der Waals surface area (Å²) in [7, 11) is 0. The molecule has 0 saturated heterocycles. The van der Waals surface area contributed by atoms with Crippen molar-refractivity contribution in [3.8, 4) is 0 Å². The lowest BCUT2D eigenvalue weighted by Crippen LogP contribution is -2.57. The molecule has 4 N–H and O–H groups in total. The summed E-state index contributed by atoms with van der Waals surface area (Å²) >= 11 is 0. The molecule has 1 aromatic heterocycles. The molecule has 0 aromatic carbocycles. The van der Waals surface area contributed by atoms with Crippen LogP contribution in [0.2, 0.25) is 0 Å². The van der Waals surface area contributed by atoms with Crippen LogP contribution in [0.3, 0.4) is 0 Å². The molecule has 19 heavy (non-hydrogen) atoms. The van der Waals surface area contributed by atoms with Gasteiger partial charge in [-0.2, -0.15) is 0 Å². The number of nitrogens with one attached hydrogen (secondary N) is 1. The highest BCUT2D eigenvalue weighted by molar-refractivity contribution is 5.77. The molecular formula is C12H20N2O5. The van der Waals surface area contributed by atoms with Crippen LogP contribution in [0.25, 0.3) is 0 Å². The fraction of sp³-hybridized carbons (Fsp3) is 0.667. The Balaban J connectivity index is 2.57. The van der Waals surface area contributed by atoms with Gasteiger partial charge >= 0.3 is 0 Å². The topological polar surface area (TPSA) is 116 Å². The second-order valence-corrected chi connectivity index (χ2v) is 4.61. The average molecular weight is 272 g/mol. The van der Waals surface area contributed by atoms with Crippen LogP contribution in [-0.4, -0.2) is 51.7 Å². The Morgan fingerprint density at radius 2 is 1.84 bits per heavy atom. The predicted octanol–water partition coefficient (Wildman–Crippen LogP) is -0.944. The minimum Gasteiger partial charge on any atom is -0.394 e. The maximum absolute atomic E-state index is 11.8. The van der Waals surface area contributed by atoms with E-state index in [0.29, 0.717) is 12.2 Å². The van der Waals surface area contributed by atoms with Crippen LogP contribution in [0.5, 0.6) is 0 Å². The lowest BCUT2D eigenvalue weighted by molar-refractivity contribution is -0.125. The number of aliphatic hydroxyl groups is 3. The lowest BCUT2D eigenvalue weighted by Gasteiger charge is -2.28. The van der Waals surface area contributed by atoms with E-state index < -0.39 is 25.4 Å². The van der Waals surface area contributed by atoms with Gasteiger partial charge in [-0.05, 0) is 20.3 Å². The van der Waals surface area contributed by atoms with Gasteiger partial charge in [-0.3, -0.25) is 4.79 Å². The van der Waals surface area contributed by atoms with Crippen LogP contribution >= 0.6 is 0 Å². The summed E-state index contributed by atoms with van der Waals surface area (Å²) in [5.74, 6) is 0.306. The van der Waals surface area contributed by atoms with Crippen molar-refractivity contribution in [2.24, 2.45) is 0 Å². The first-order valence-electron chi connectivity index (χ1n) is 6.03. The van der Waals surface area contributed by atoms with E-state index in [4.69, 9.17) is 19.8 Å². The zero-order valence-corrected chi connectivity index (χ0v) is 11.1. The Morgan fingerprint density at radius 3 is 2.26 bits per heavy atom. The number of amides is 1. The van der Waals surface area contributed by atoms with Crippen molar-refractivity contribution in [1.29, 1.82) is 0 Å². The van der Waals surface area contributed by atoms with Crippen LogP contribution < -0.4 is 5.32 Å². The van der Waals surface area contributed by atoms with Crippen molar-refractivity contribution < 1.29 is 24.6 Å². The first-order valence-corrected chi connectivity index (χ1v) is 6.03. The molecule has 7 heteroatoms. The zero-order valence-electron chi connectivity index (χ0n) is 11.1. The van der Waals surface area contributed by atoms with Crippen LogP contribution in [0.1, 0.15) is 23.4 Å². The Morgan fingerprint density at radius 1 is 1.26 bits per heavy atom. The summed E-state index contributed by atoms with van der Waals surface area (Å²) < 4.78 is 4.99. The molecule has 0 unspecified atom stereocenters. The summed E-state index contributed by atoms with van der Waals surface area (Å²) in [5, 5.41) is 33.5. The maximum atomic E-state index is 11.8. The molecular weight excluding hydrogens is 252 g/mol. The monoisotopic (exact) mass is 272 g/mol. The third-order valence-electron chi connectivity index (χ3n) is 3.10. The summed E-state index contributed by atoms with van der Waals surface area (Å²) in [6.45, 7) is 1.97. The van der Waals surface area contributed by atoms with Gasteiger partial charge in [0.25, 0.3) is 0 Å². The largest absolute Gasteiger partial charge is 0.394 e. The lowest BCUT2D eigenvalue weighted by atomic mass is 10.0. The number of aromatic nitrogens is 1. The van der Waals surface area contributed by atoms with Crippen LogP contribution in [-0.2, 0) is 11.2 Å². The first-order chi connectivity index (χ1) is 8.98. The van der Waals surface area contributed by atoms with Crippen molar-refractivity contribution >= 4 is 5.91 Å². The SMILES string of the molecule is Cc1noc(C)c1CCC(=O)NC(CO)(CO)CO. The zero-order chi connectivity index (χ0) is 14.5. The summed E-state index contributed by atoms with van der Waals surface area (Å²) in [6, 6.07) is 0. The number of aliphatic hydroxyl groups excluding tert-OH is 3. The molecule has 0 aliphatic rings. The number of aryl methyl sites for hydroxylation is 2. The highest BCUT2D eigenvalue weighted by atomic mass is 16.5. The minimum atomic E-state index is -1.38. The standard InChI is InChI=1S/C12H20N2O5/c1-8-10(9(2)19-14-8)3-4-11(18)13-12(5-15,6-16)7-17/h15-17H,3-7H2,1-2H3,(H,13,18). The van der Waals surface area contributed by atoms with Crippen molar-refractivity contribution in [1.82, 2.24) is 10.5 Å². The van der Waals surface area contributed by atoms with Gasteiger partial charge in [0.05, 0.1) is 25.5 Å². The third-order valence-corrected chi connectivity index (χ3v) is 3.10. The van der Waals surface area contributed by atoms with E-state index in [0.717, 1.165) is 11.3 Å². The number of carbonyl (C=O) groups is 1. The molecule has 0 aliphatic heterocycles. The molecule has 0 radical (unpaired) electrons. The van der Waals surface area contributed by atoms with Crippen LogP contribution in [0.15, 0.2) is 4.52 Å². The van der Waals surface area contributed by atoms with E-state index in [1.54, 1.807) is 13.8 Å². The fourth-order valence-corrected chi connectivity index (χ4v) is 1.72. The number of hydrogen-bond donors (Lipinski definition) is 4. The quantitative estimate of drug-likeness (QED) is 0.509. The molecule has 1 rings (SSSR count). The van der Waals surface area contributed by atoms with Crippen LogP contribution in [0, 0.1) is 13.8 Å². The van der Waals surface area contributed by atoms with Crippen LogP contribution in [0.4, 0.5) is 0 Å². The van der Waals surface area contributed by atoms with Gasteiger partial charge in [-0.25, -0.2) is 0 Å². The van der Waals surface area contributed by atoms with Crippen molar-refractivity contribution in [2.75, 3.05) is 19.8 Å². The Labute approximate surface area is 111 Å². The molecule has 0 spiro atoms. The Hall–Kier alpha value is -1.44. The van der Waals surface area contributed by atoms with Crippen molar-refractivity contribution in [3.05, 3.63) is 17.0 Å². The molecule has 108 valence electrons. The summed E-state index contributed by atoms with van der Waals surface area (Å²) in [5.41, 5.74) is 0.233. The summed E-state index contributed by atoms with van der Waals surface area (Å²) in [6.07, 6.45) is 0.607. The molecule has 0 bridgehead atoms. The normalized spacial score (nSPS) is 11.6.